The summed E-state index contributed by atoms with van der Waals surface area (Å²) in [4.78, 5) is 14.6. The Morgan fingerprint density at radius 1 is 1.25 bits per heavy atom. The first-order valence-corrected chi connectivity index (χ1v) is 8.16. The summed E-state index contributed by atoms with van der Waals surface area (Å²) >= 11 is 0. The van der Waals surface area contributed by atoms with Crippen LogP contribution >= 0.6 is 0 Å². The van der Waals surface area contributed by atoms with E-state index in [1.165, 1.54) is 38.8 Å². The van der Waals surface area contributed by atoms with Crippen molar-refractivity contribution in [2.45, 2.75) is 57.9 Å². The van der Waals surface area contributed by atoms with E-state index in [2.05, 4.69) is 24.1 Å². The first kappa shape index (κ1) is 15.8. The van der Waals surface area contributed by atoms with E-state index in [-0.39, 0.29) is 11.4 Å². The second-order valence-corrected chi connectivity index (χ2v) is 7.06. The van der Waals surface area contributed by atoms with Gasteiger partial charge in [0.25, 0.3) is 0 Å². The van der Waals surface area contributed by atoms with E-state index in [1.54, 1.807) is 0 Å². The van der Waals surface area contributed by atoms with Gasteiger partial charge in [0.2, 0.25) is 5.91 Å². The number of amides is 1. The Morgan fingerprint density at radius 2 is 1.95 bits per heavy atom. The van der Waals surface area contributed by atoms with Gasteiger partial charge in [0.1, 0.15) is 0 Å². The lowest BCUT2D eigenvalue weighted by Gasteiger charge is -2.33. The fourth-order valence-corrected chi connectivity index (χ4v) is 3.33. The van der Waals surface area contributed by atoms with Crippen molar-refractivity contribution in [1.82, 2.24) is 10.2 Å². The van der Waals surface area contributed by atoms with Crippen molar-refractivity contribution in [3.63, 3.8) is 0 Å². The standard InChI is InChI=1S/C16H30N2O2/c1-16(2,13-18-8-5-3-4-6-9-18)17-15(19)11-14-7-10-20-12-14/h14H,3-13H2,1-2H3,(H,17,19)/t14-/m1/s1. The highest BCUT2D eigenvalue weighted by molar-refractivity contribution is 5.77. The van der Waals surface area contributed by atoms with Crippen molar-refractivity contribution in [2.75, 3.05) is 32.8 Å². The van der Waals surface area contributed by atoms with Crippen LogP contribution in [0.4, 0.5) is 0 Å². The second-order valence-electron chi connectivity index (χ2n) is 7.06. The Morgan fingerprint density at radius 3 is 2.55 bits per heavy atom. The van der Waals surface area contributed by atoms with Crippen LogP contribution in [0.1, 0.15) is 52.4 Å². The molecule has 0 spiro atoms. The molecule has 4 heteroatoms. The third kappa shape index (κ3) is 5.41. The van der Waals surface area contributed by atoms with Gasteiger partial charge in [-0.15, -0.1) is 0 Å². The maximum absolute atomic E-state index is 12.1. The molecule has 0 aromatic rings. The number of nitrogens with zero attached hydrogens (tertiary/aromatic N) is 1. The summed E-state index contributed by atoms with van der Waals surface area (Å²) in [5, 5.41) is 3.21. The molecule has 2 fully saturated rings. The third-order valence-electron chi connectivity index (χ3n) is 4.29. The summed E-state index contributed by atoms with van der Waals surface area (Å²) in [5.41, 5.74) is -0.138. The highest BCUT2D eigenvalue weighted by atomic mass is 16.5. The average molecular weight is 282 g/mol. The Bertz CT molecular complexity index is 304. The lowest BCUT2D eigenvalue weighted by atomic mass is 10.0. The zero-order valence-electron chi connectivity index (χ0n) is 13.1. The minimum atomic E-state index is -0.138. The molecule has 2 heterocycles. The maximum Gasteiger partial charge on any atom is 0.220 e. The van der Waals surface area contributed by atoms with Gasteiger partial charge in [-0.2, -0.15) is 0 Å². The molecule has 0 aliphatic carbocycles. The fourth-order valence-electron chi connectivity index (χ4n) is 3.33. The average Bonchev–Trinajstić information content (AvgIpc) is 2.72. The molecule has 1 N–H and O–H groups in total. The monoisotopic (exact) mass is 282 g/mol. The summed E-state index contributed by atoms with van der Waals surface area (Å²) in [6.45, 7) is 9.16. The van der Waals surface area contributed by atoms with Crippen molar-refractivity contribution in [3.8, 4) is 0 Å². The van der Waals surface area contributed by atoms with Gasteiger partial charge in [-0.1, -0.05) is 12.8 Å². The Labute approximate surface area is 123 Å². The maximum atomic E-state index is 12.1. The van der Waals surface area contributed by atoms with Crippen molar-refractivity contribution >= 4 is 5.91 Å². The molecule has 4 nitrogen and oxygen atoms in total. The summed E-state index contributed by atoms with van der Waals surface area (Å²) < 4.78 is 5.34. The molecule has 1 atom stereocenters. The van der Waals surface area contributed by atoms with E-state index in [0.717, 1.165) is 26.2 Å². The van der Waals surface area contributed by atoms with Crippen LogP contribution in [-0.2, 0) is 9.53 Å². The molecule has 2 aliphatic heterocycles. The predicted molar refractivity (Wildman–Crippen MR) is 80.7 cm³/mol. The second kappa shape index (κ2) is 7.41. The Hall–Kier alpha value is -0.610. The molecule has 2 rings (SSSR count). The topological polar surface area (TPSA) is 41.6 Å². The van der Waals surface area contributed by atoms with Crippen LogP contribution in [-0.4, -0.2) is 49.2 Å². The summed E-state index contributed by atoms with van der Waals surface area (Å²) in [7, 11) is 0. The van der Waals surface area contributed by atoms with Gasteiger partial charge in [0.05, 0.1) is 0 Å². The molecule has 20 heavy (non-hydrogen) atoms. The van der Waals surface area contributed by atoms with Crippen molar-refractivity contribution in [1.29, 1.82) is 0 Å². The third-order valence-corrected chi connectivity index (χ3v) is 4.29. The van der Waals surface area contributed by atoms with Crippen molar-refractivity contribution < 1.29 is 9.53 Å². The number of nitrogens with one attached hydrogen (secondary N) is 1. The van der Waals surface area contributed by atoms with Gasteiger partial charge in [0.15, 0.2) is 0 Å². The lowest BCUT2D eigenvalue weighted by Crippen LogP contribution is -2.52. The number of carbonyl (C=O) groups excluding carboxylic acids is 1. The number of ether oxygens (including phenoxy) is 1. The number of rotatable bonds is 5. The van der Waals surface area contributed by atoms with Gasteiger partial charge < -0.3 is 15.0 Å². The normalized spacial score (nSPS) is 25.4. The largest absolute Gasteiger partial charge is 0.381 e. The molecule has 2 aliphatic rings. The number of hydrogen-bond donors (Lipinski definition) is 1. The van der Waals surface area contributed by atoms with Crippen molar-refractivity contribution in [2.24, 2.45) is 5.92 Å². The van der Waals surface area contributed by atoms with Crippen LogP contribution < -0.4 is 5.32 Å². The molecule has 0 unspecified atom stereocenters. The quantitative estimate of drug-likeness (QED) is 0.840. The van der Waals surface area contributed by atoms with Gasteiger partial charge in [-0.3, -0.25) is 4.79 Å². The predicted octanol–water partition coefficient (Wildman–Crippen LogP) is 2.18. The fraction of sp³-hybridized carbons (Fsp3) is 0.938. The van der Waals surface area contributed by atoms with Crippen molar-refractivity contribution in [3.05, 3.63) is 0 Å². The van der Waals surface area contributed by atoms with Gasteiger partial charge in [-0.25, -0.2) is 0 Å². The molecule has 0 radical (unpaired) electrons. The summed E-state index contributed by atoms with van der Waals surface area (Å²) in [6, 6.07) is 0. The van der Waals surface area contributed by atoms with E-state index in [0.29, 0.717) is 12.3 Å². The van der Waals surface area contributed by atoms with Gasteiger partial charge in [0, 0.05) is 31.7 Å². The zero-order chi connectivity index (χ0) is 14.4. The molecular weight excluding hydrogens is 252 g/mol. The van der Waals surface area contributed by atoms with Gasteiger partial charge >= 0.3 is 0 Å². The number of carbonyl (C=O) groups is 1. The first-order chi connectivity index (χ1) is 9.55. The lowest BCUT2D eigenvalue weighted by molar-refractivity contribution is -0.123. The molecule has 0 aromatic heterocycles. The minimum absolute atomic E-state index is 0.138. The van der Waals surface area contributed by atoms with Crippen LogP contribution in [0.15, 0.2) is 0 Å². The SMILES string of the molecule is CC(C)(CN1CCCCCC1)NC(=O)C[C@H]1CCOC1. The van der Waals surface area contributed by atoms with E-state index >= 15 is 0 Å². The zero-order valence-corrected chi connectivity index (χ0v) is 13.1. The smallest absolute Gasteiger partial charge is 0.220 e. The van der Waals surface area contributed by atoms with E-state index < -0.39 is 0 Å². The molecule has 0 aromatic carbocycles. The van der Waals surface area contributed by atoms with Crippen LogP contribution in [0.25, 0.3) is 0 Å². The Balaban J connectivity index is 1.74. The molecule has 0 bridgehead atoms. The molecule has 1 amide bonds. The highest BCUT2D eigenvalue weighted by Gasteiger charge is 2.26. The molecule has 116 valence electrons. The number of hydrogen-bond acceptors (Lipinski definition) is 3. The van der Waals surface area contributed by atoms with Crippen LogP contribution in [0.3, 0.4) is 0 Å². The Kier molecular flexibility index (Phi) is 5.85. The van der Waals surface area contributed by atoms with Crippen LogP contribution in [0.5, 0.6) is 0 Å². The number of likely N-dealkylation sites (tertiary alicyclic amines) is 1. The molecule has 2 saturated heterocycles. The van der Waals surface area contributed by atoms with Crippen LogP contribution in [0, 0.1) is 5.92 Å². The van der Waals surface area contributed by atoms with E-state index in [4.69, 9.17) is 4.74 Å². The minimum Gasteiger partial charge on any atom is -0.381 e. The van der Waals surface area contributed by atoms with Crippen LogP contribution in [0.2, 0.25) is 0 Å². The highest BCUT2D eigenvalue weighted by Crippen LogP contribution is 2.18. The summed E-state index contributed by atoms with van der Waals surface area (Å²) in [5.74, 6) is 0.601. The molecular formula is C16H30N2O2. The molecule has 0 saturated carbocycles. The van der Waals surface area contributed by atoms with E-state index in [1.807, 2.05) is 0 Å². The summed E-state index contributed by atoms with van der Waals surface area (Å²) in [6.07, 6.45) is 6.94. The van der Waals surface area contributed by atoms with E-state index in [9.17, 15) is 4.79 Å². The first-order valence-electron chi connectivity index (χ1n) is 8.16. The van der Waals surface area contributed by atoms with Gasteiger partial charge in [-0.05, 0) is 52.1 Å².